The lowest BCUT2D eigenvalue weighted by molar-refractivity contribution is -0.123. The molecule has 0 fully saturated rings. The third-order valence-electron chi connectivity index (χ3n) is 4.00. The van der Waals surface area contributed by atoms with Gasteiger partial charge in [-0.2, -0.15) is 0 Å². The van der Waals surface area contributed by atoms with Crippen molar-refractivity contribution in [2.45, 2.75) is 38.9 Å². The summed E-state index contributed by atoms with van der Waals surface area (Å²) in [4.78, 5) is 22.9. The highest BCUT2D eigenvalue weighted by molar-refractivity contribution is 5.91. The lowest BCUT2D eigenvalue weighted by atomic mass is 10.1. The van der Waals surface area contributed by atoms with Gasteiger partial charge in [0.05, 0.1) is 0 Å². The Morgan fingerprint density at radius 2 is 1.27 bits per heavy atom. The molecular weight excluding hydrogens is 336 g/mol. The van der Waals surface area contributed by atoms with Gasteiger partial charge >= 0.3 is 11.9 Å². The molecule has 26 heavy (non-hydrogen) atoms. The molecule has 0 aromatic heterocycles. The minimum Gasteiger partial charge on any atom is -0.478 e. The van der Waals surface area contributed by atoms with Crippen molar-refractivity contribution in [1.29, 1.82) is 0 Å². The number of rotatable bonds is 9. The first-order valence-electron chi connectivity index (χ1n) is 8.45. The van der Waals surface area contributed by atoms with Crippen LogP contribution in [0.15, 0.2) is 48.5 Å². The first kappa shape index (κ1) is 19.3. The van der Waals surface area contributed by atoms with Crippen LogP contribution in [0.3, 0.4) is 0 Å². The first-order chi connectivity index (χ1) is 12.4. The number of hydrogen-bond acceptors (Lipinski definition) is 4. The van der Waals surface area contributed by atoms with E-state index in [1.54, 1.807) is 36.4 Å². The average molecular weight is 358 g/mol. The van der Waals surface area contributed by atoms with Crippen molar-refractivity contribution in [2.24, 2.45) is 0 Å². The van der Waals surface area contributed by atoms with E-state index in [2.05, 4.69) is 0 Å². The number of ether oxygens (including phenoxy) is 2. The summed E-state index contributed by atoms with van der Waals surface area (Å²) in [6.45, 7) is 3.80. The minimum absolute atomic E-state index is 0.0246. The smallest absolute Gasteiger partial charge is 0.339 e. The number of aromatic carboxylic acids is 2. The Labute approximate surface area is 152 Å². The van der Waals surface area contributed by atoms with Gasteiger partial charge in [0.25, 0.3) is 5.79 Å². The van der Waals surface area contributed by atoms with Gasteiger partial charge in [0, 0.05) is 12.8 Å². The van der Waals surface area contributed by atoms with Crippen molar-refractivity contribution in [3.05, 3.63) is 59.7 Å². The summed E-state index contributed by atoms with van der Waals surface area (Å²) in [6, 6.07) is 12.6. The topological polar surface area (TPSA) is 93.1 Å². The molecule has 6 nitrogen and oxygen atoms in total. The van der Waals surface area contributed by atoms with E-state index in [9.17, 15) is 19.8 Å². The number of benzene rings is 2. The van der Waals surface area contributed by atoms with Gasteiger partial charge in [-0.05, 0) is 30.7 Å². The molecule has 6 heteroatoms. The van der Waals surface area contributed by atoms with E-state index in [1.807, 2.05) is 13.8 Å². The van der Waals surface area contributed by atoms with Crippen LogP contribution in [0.25, 0.3) is 0 Å². The predicted molar refractivity (Wildman–Crippen MR) is 96.0 cm³/mol. The molecule has 2 rings (SSSR count). The fourth-order valence-electron chi connectivity index (χ4n) is 2.69. The molecule has 2 aromatic rings. The lowest BCUT2D eigenvalue weighted by Crippen LogP contribution is -2.42. The van der Waals surface area contributed by atoms with Crippen molar-refractivity contribution in [3.63, 3.8) is 0 Å². The van der Waals surface area contributed by atoms with Crippen LogP contribution in [0.4, 0.5) is 0 Å². The molecule has 0 radical (unpaired) electrons. The Morgan fingerprint density at radius 3 is 1.62 bits per heavy atom. The summed E-state index contributed by atoms with van der Waals surface area (Å²) in [5.41, 5.74) is 0.0492. The maximum absolute atomic E-state index is 11.5. The highest BCUT2D eigenvalue weighted by atomic mass is 16.7. The summed E-state index contributed by atoms with van der Waals surface area (Å²) in [5.74, 6) is -3.02. The quantitative estimate of drug-likeness (QED) is 0.643. The van der Waals surface area contributed by atoms with Crippen LogP contribution in [-0.4, -0.2) is 27.9 Å². The van der Waals surface area contributed by atoms with Crippen molar-refractivity contribution < 1.29 is 29.3 Å². The van der Waals surface area contributed by atoms with Crippen molar-refractivity contribution in [2.75, 3.05) is 0 Å². The largest absolute Gasteiger partial charge is 0.478 e. The molecule has 0 heterocycles. The van der Waals surface area contributed by atoms with Crippen LogP contribution in [0.5, 0.6) is 11.5 Å². The second kappa shape index (κ2) is 8.38. The molecule has 0 saturated heterocycles. The van der Waals surface area contributed by atoms with Crippen molar-refractivity contribution in [1.82, 2.24) is 0 Å². The molecule has 0 atom stereocenters. The molecule has 0 amide bonds. The van der Waals surface area contributed by atoms with E-state index in [4.69, 9.17) is 9.47 Å². The summed E-state index contributed by atoms with van der Waals surface area (Å²) in [5, 5.41) is 18.7. The lowest BCUT2D eigenvalue weighted by Gasteiger charge is -2.34. The third-order valence-corrected chi connectivity index (χ3v) is 4.00. The van der Waals surface area contributed by atoms with E-state index in [1.165, 1.54) is 12.1 Å². The van der Waals surface area contributed by atoms with Gasteiger partial charge in [0.15, 0.2) is 0 Å². The zero-order valence-corrected chi connectivity index (χ0v) is 14.8. The van der Waals surface area contributed by atoms with Crippen molar-refractivity contribution >= 4 is 11.9 Å². The number of hydrogen-bond donors (Lipinski definition) is 2. The molecule has 0 bridgehead atoms. The van der Waals surface area contributed by atoms with Crippen molar-refractivity contribution in [3.8, 4) is 11.5 Å². The van der Waals surface area contributed by atoms with Crippen LogP contribution in [0, 0.1) is 0 Å². The SMILES string of the molecule is CCCC(CC)(Oc1ccccc1C(=O)O)Oc1ccccc1C(=O)O. The number of carbonyl (C=O) groups is 2. The number of carboxylic acid groups (broad SMARTS) is 2. The normalized spacial score (nSPS) is 11.0. The molecule has 0 aliphatic carbocycles. The Hall–Kier alpha value is -3.02. The molecule has 2 N–H and O–H groups in total. The van der Waals surface area contributed by atoms with E-state index in [0.717, 1.165) is 0 Å². The second-order valence-corrected chi connectivity index (χ2v) is 5.82. The van der Waals surface area contributed by atoms with Crippen LogP contribution >= 0.6 is 0 Å². The fraction of sp³-hybridized carbons (Fsp3) is 0.300. The third kappa shape index (κ3) is 4.33. The summed E-state index contributed by atoms with van der Waals surface area (Å²) in [7, 11) is 0. The molecule has 2 aromatic carbocycles. The first-order valence-corrected chi connectivity index (χ1v) is 8.45. The van der Waals surface area contributed by atoms with E-state index in [0.29, 0.717) is 19.3 Å². The van der Waals surface area contributed by atoms with Gasteiger partial charge in [-0.1, -0.05) is 38.1 Å². The van der Waals surface area contributed by atoms with Gasteiger partial charge < -0.3 is 19.7 Å². The monoisotopic (exact) mass is 358 g/mol. The summed E-state index contributed by atoms with van der Waals surface area (Å²) < 4.78 is 12.1. The molecule has 0 spiro atoms. The van der Waals surface area contributed by atoms with Gasteiger partial charge in [0.2, 0.25) is 0 Å². The van der Waals surface area contributed by atoms with Gasteiger partial charge in [0.1, 0.15) is 22.6 Å². The van der Waals surface area contributed by atoms with Gasteiger partial charge in [-0.3, -0.25) is 0 Å². The standard InChI is InChI=1S/C20H22O6/c1-3-13-20(4-2,25-16-11-7-5-9-14(16)18(21)22)26-17-12-8-6-10-15(17)19(23)24/h5-12H,3-4,13H2,1-2H3,(H,21,22)(H,23,24). The van der Waals surface area contributed by atoms with Crippen LogP contribution in [-0.2, 0) is 0 Å². The van der Waals surface area contributed by atoms with Crippen LogP contribution in [0.2, 0.25) is 0 Å². The van der Waals surface area contributed by atoms with E-state index < -0.39 is 17.7 Å². The Kier molecular flexibility index (Phi) is 6.22. The second-order valence-electron chi connectivity index (χ2n) is 5.82. The zero-order valence-electron chi connectivity index (χ0n) is 14.8. The Bertz CT molecular complexity index is 724. The predicted octanol–water partition coefficient (Wildman–Crippen LogP) is 4.45. The fourth-order valence-corrected chi connectivity index (χ4v) is 2.69. The highest BCUT2D eigenvalue weighted by Gasteiger charge is 2.34. The highest BCUT2D eigenvalue weighted by Crippen LogP contribution is 2.33. The summed E-state index contributed by atoms with van der Waals surface area (Å²) >= 11 is 0. The molecule has 0 unspecified atom stereocenters. The van der Waals surface area contributed by atoms with Gasteiger partial charge in [-0.25, -0.2) is 9.59 Å². The maximum Gasteiger partial charge on any atom is 0.339 e. The minimum atomic E-state index is -1.17. The molecule has 0 aliphatic rings. The zero-order chi connectivity index (χ0) is 19.2. The molecule has 0 aliphatic heterocycles. The Morgan fingerprint density at radius 1 is 0.846 bits per heavy atom. The molecule has 138 valence electrons. The average Bonchev–Trinajstić information content (AvgIpc) is 2.62. The maximum atomic E-state index is 11.5. The molecular formula is C20H22O6. The molecule has 0 saturated carbocycles. The Balaban J connectivity index is 2.44. The van der Waals surface area contributed by atoms with E-state index in [-0.39, 0.29) is 22.6 Å². The number of para-hydroxylation sites is 2. The van der Waals surface area contributed by atoms with Crippen LogP contribution in [0.1, 0.15) is 53.8 Å². The van der Waals surface area contributed by atoms with Crippen LogP contribution < -0.4 is 9.47 Å². The number of carboxylic acids is 2. The summed E-state index contributed by atoms with van der Waals surface area (Å²) in [6.07, 6.45) is 1.58. The van der Waals surface area contributed by atoms with Gasteiger partial charge in [-0.15, -0.1) is 0 Å². The van der Waals surface area contributed by atoms with E-state index >= 15 is 0 Å².